The summed E-state index contributed by atoms with van der Waals surface area (Å²) in [6.07, 6.45) is 1.33. The number of hydrogen-bond acceptors (Lipinski definition) is 4. The lowest BCUT2D eigenvalue weighted by atomic mass is 10.3. The number of rotatable bonds is 4. The maximum absolute atomic E-state index is 10.6. The standard InChI is InChI=1S/C11H14O4S/c1-7-10(4-5-14-7)16-6-8-2-3-9(15-8)11(12)13/h2-3,7,10H,4-6H2,1H3,(H,12,13). The maximum atomic E-state index is 10.6. The molecule has 0 aliphatic carbocycles. The van der Waals surface area contributed by atoms with E-state index in [-0.39, 0.29) is 11.9 Å². The molecule has 0 radical (unpaired) electrons. The van der Waals surface area contributed by atoms with Gasteiger partial charge in [-0.05, 0) is 25.5 Å². The molecule has 1 fully saturated rings. The molecular formula is C11H14O4S. The van der Waals surface area contributed by atoms with Crippen molar-refractivity contribution in [2.45, 2.75) is 30.5 Å². The summed E-state index contributed by atoms with van der Waals surface area (Å²) < 4.78 is 10.6. The van der Waals surface area contributed by atoms with Gasteiger partial charge in [0.25, 0.3) is 0 Å². The SMILES string of the molecule is CC1OCCC1SCc1ccc(C(=O)O)o1. The van der Waals surface area contributed by atoms with Crippen molar-refractivity contribution in [2.24, 2.45) is 0 Å². The van der Waals surface area contributed by atoms with E-state index in [0.717, 1.165) is 13.0 Å². The molecule has 2 unspecified atom stereocenters. The number of thioether (sulfide) groups is 1. The van der Waals surface area contributed by atoms with Gasteiger partial charge in [-0.25, -0.2) is 4.79 Å². The zero-order valence-corrected chi connectivity index (χ0v) is 9.83. The maximum Gasteiger partial charge on any atom is 0.371 e. The highest BCUT2D eigenvalue weighted by molar-refractivity contribution is 7.99. The second kappa shape index (κ2) is 4.93. The number of carboxylic acid groups (broad SMARTS) is 1. The van der Waals surface area contributed by atoms with Gasteiger partial charge in [-0.3, -0.25) is 0 Å². The van der Waals surface area contributed by atoms with E-state index in [1.54, 1.807) is 17.8 Å². The molecule has 2 atom stereocenters. The largest absolute Gasteiger partial charge is 0.475 e. The van der Waals surface area contributed by atoms with Gasteiger partial charge in [-0.15, -0.1) is 11.8 Å². The molecule has 1 aliphatic rings. The van der Waals surface area contributed by atoms with Crippen LogP contribution in [0.4, 0.5) is 0 Å². The first-order valence-electron chi connectivity index (χ1n) is 5.22. The van der Waals surface area contributed by atoms with E-state index in [2.05, 4.69) is 6.92 Å². The highest BCUT2D eigenvalue weighted by Gasteiger charge is 2.24. The summed E-state index contributed by atoms with van der Waals surface area (Å²) in [6.45, 7) is 2.88. The van der Waals surface area contributed by atoms with Crippen LogP contribution in [-0.2, 0) is 10.5 Å². The molecule has 0 aromatic carbocycles. The van der Waals surface area contributed by atoms with Crippen LogP contribution in [0.3, 0.4) is 0 Å². The number of hydrogen-bond donors (Lipinski definition) is 1. The van der Waals surface area contributed by atoms with Crippen LogP contribution in [0.2, 0.25) is 0 Å². The Balaban J connectivity index is 1.87. The van der Waals surface area contributed by atoms with Gasteiger partial charge in [0.05, 0.1) is 11.9 Å². The average Bonchev–Trinajstić information content (AvgIpc) is 2.83. The quantitative estimate of drug-likeness (QED) is 0.878. The first kappa shape index (κ1) is 11.5. The van der Waals surface area contributed by atoms with Crippen LogP contribution < -0.4 is 0 Å². The molecule has 1 aromatic rings. The van der Waals surface area contributed by atoms with Crippen molar-refractivity contribution in [2.75, 3.05) is 6.61 Å². The van der Waals surface area contributed by atoms with Crippen molar-refractivity contribution in [3.8, 4) is 0 Å². The van der Waals surface area contributed by atoms with Gasteiger partial charge >= 0.3 is 5.97 Å². The molecule has 1 aliphatic heterocycles. The van der Waals surface area contributed by atoms with Crippen LogP contribution >= 0.6 is 11.8 Å². The smallest absolute Gasteiger partial charge is 0.371 e. The highest BCUT2D eigenvalue weighted by atomic mass is 32.2. The van der Waals surface area contributed by atoms with Gasteiger partial charge in [0, 0.05) is 11.9 Å². The summed E-state index contributed by atoms with van der Waals surface area (Å²) in [6, 6.07) is 3.21. The Kier molecular flexibility index (Phi) is 3.56. The van der Waals surface area contributed by atoms with Crippen LogP contribution in [0, 0.1) is 0 Å². The Morgan fingerprint density at radius 3 is 3.00 bits per heavy atom. The second-order valence-electron chi connectivity index (χ2n) is 3.79. The summed E-state index contributed by atoms with van der Waals surface area (Å²) in [4.78, 5) is 10.6. The van der Waals surface area contributed by atoms with Crippen LogP contribution in [-0.4, -0.2) is 29.0 Å². The normalized spacial score (nSPS) is 24.8. The van der Waals surface area contributed by atoms with Crippen LogP contribution in [0.25, 0.3) is 0 Å². The molecule has 0 saturated carbocycles. The lowest BCUT2D eigenvalue weighted by Crippen LogP contribution is -2.13. The first-order chi connectivity index (χ1) is 7.66. The monoisotopic (exact) mass is 242 g/mol. The third-order valence-corrected chi connectivity index (χ3v) is 4.12. The molecule has 1 aromatic heterocycles. The van der Waals surface area contributed by atoms with E-state index < -0.39 is 5.97 Å². The van der Waals surface area contributed by atoms with Gasteiger partial charge < -0.3 is 14.3 Å². The van der Waals surface area contributed by atoms with E-state index in [9.17, 15) is 4.79 Å². The molecule has 88 valence electrons. The van der Waals surface area contributed by atoms with Crippen LogP contribution in [0.5, 0.6) is 0 Å². The zero-order valence-electron chi connectivity index (χ0n) is 9.01. The number of ether oxygens (including phenoxy) is 1. The van der Waals surface area contributed by atoms with E-state index >= 15 is 0 Å². The third kappa shape index (κ3) is 2.59. The molecule has 2 heterocycles. The molecule has 1 N–H and O–H groups in total. The fourth-order valence-electron chi connectivity index (χ4n) is 1.69. The minimum atomic E-state index is -1.02. The van der Waals surface area contributed by atoms with Crippen molar-refractivity contribution in [3.05, 3.63) is 23.7 Å². The summed E-state index contributed by atoms with van der Waals surface area (Å²) >= 11 is 1.76. The predicted molar refractivity (Wildman–Crippen MR) is 60.8 cm³/mol. The van der Waals surface area contributed by atoms with Crippen LogP contribution in [0.1, 0.15) is 29.7 Å². The van der Waals surface area contributed by atoms with Crippen molar-refractivity contribution in [1.82, 2.24) is 0 Å². The Morgan fingerprint density at radius 1 is 1.62 bits per heavy atom. The fraction of sp³-hybridized carbons (Fsp3) is 0.545. The fourth-order valence-corrected chi connectivity index (χ4v) is 2.84. The molecule has 0 amide bonds. The van der Waals surface area contributed by atoms with Gasteiger partial charge in [-0.2, -0.15) is 0 Å². The number of carbonyl (C=O) groups is 1. The van der Waals surface area contributed by atoms with E-state index in [1.807, 2.05) is 0 Å². The Morgan fingerprint density at radius 2 is 2.44 bits per heavy atom. The number of furan rings is 1. The van der Waals surface area contributed by atoms with Gasteiger partial charge in [0.1, 0.15) is 5.76 Å². The molecule has 1 saturated heterocycles. The van der Waals surface area contributed by atoms with E-state index in [4.69, 9.17) is 14.3 Å². The Labute approximate surface area is 98.0 Å². The van der Waals surface area contributed by atoms with E-state index in [1.165, 1.54) is 6.07 Å². The topological polar surface area (TPSA) is 59.7 Å². The number of aromatic carboxylic acids is 1. The average molecular weight is 242 g/mol. The Hall–Kier alpha value is -0.940. The molecule has 0 bridgehead atoms. The lowest BCUT2D eigenvalue weighted by Gasteiger charge is -2.11. The molecular weight excluding hydrogens is 228 g/mol. The lowest BCUT2D eigenvalue weighted by molar-refractivity contribution is 0.0661. The molecule has 2 rings (SSSR count). The Bertz CT molecular complexity index is 374. The van der Waals surface area contributed by atoms with Crippen LogP contribution in [0.15, 0.2) is 16.5 Å². The third-order valence-electron chi connectivity index (χ3n) is 2.62. The molecule has 0 spiro atoms. The summed E-state index contributed by atoms with van der Waals surface area (Å²) in [5.74, 6) is 0.396. The second-order valence-corrected chi connectivity index (χ2v) is 5.01. The predicted octanol–water partition coefficient (Wildman–Crippen LogP) is 2.39. The molecule has 4 nitrogen and oxygen atoms in total. The summed E-state index contributed by atoms with van der Waals surface area (Å²) in [5.41, 5.74) is 0. The van der Waals surface area contributed by atoms with Crippen molar-refractivity contribution in [1.29, 1.82) is 0 Å². The van der Waals surface area contributed by atoms with Gasteiger partial charge in [-0.1, -0.05) is 0 Å². The zero-order chi connectivity index (χ0) is 11.5. The highest BCUT2D eigenvalue weighted by Crippen LogP contribution is 2.29. The van der Waals surface area contributed by atoms with Crippen molar-refractivity contribution >= 4 is 17.7 Å². The van der Waals surface area contributed by atoms with Crippen molar-refractivity contribution in [3.63, 3.8) is 0 Å². The first-order valence-corrected chi connectivity index (χ1v) is 6.27. The van der Waals surface area contributed by atoms with Gasteiger partial charge in [0.15, 0.2) is 0 Å². The summed E-state index contributed by atoms with van der Waals surface area (Å²) in [5, 5.41) is 9.18. The minimum Gasteiger partial charge on any atom is -0.475 e. The molecule has 16 heavy (non-hydrogen) atoms. The van der Waals surface area contributed by atoms with E-state index in [0.29, 0.717) is 16.8 Å². The minimum absolute atomic E-state index is 0.00585. The molecule has 5 heteroatoms. The number of carboxylic acids is 1. The van der Waals surface area contributed by atoms with Crippen molar-refractivity contribution < 1.29 is 19.1 Å². The van der Waals surface area contributed by atoms with Gasteiger partial charge in [0.2, 0.25) is 5.76 Å². The summed E-state index contributed by atoms with van der Waals surface area (Å²) in [7, 11) is 0.